The molecule has 0 saturated carbocycles. The predicted molar refractivity (Wildman–Crippen MR) is 114 cm³/mol. The Bertz CT molecular complexity index is 1200. The predicted octanol–water partition coefficient (Wildman–Crippen LogP) is 2.26. The fourth-order valence-corrected chi connectivity index (χ4v) is 4.05. The molecule has 3 heterocycles. The van der Waals surface area contributed by atoms with Crippen molar-refractivity contribution in [1.29, 1.82) is 5.26 Å². The van der Waals surface area contributed by atoms with Gasteiger partial charge in [-0.25, -0.2) is 4.98 Å². The Hall–Kier alpha value is -3.90. The molecule has 5 N–H and O–H groups in total. The van der Waals surface area contributed by atoms with Gasteiger partial charge in [-0.15, -0.1) is 0 Å². The summed E-state index contributed by atoms with van der Waals surface area (Å²) in [5.74, 6) is -0.448. The van der Waals surface area contributed by atoms with Crippen molar-refractivity contribution in [3.05, 3.63) is 46.6 Å². The number of nitrogen functional groups attached to an aromatic ring is 1. The molecule has 1 aliphatic carbocycles. The molecule has 9 nitrogen and oxygen atoms in total. The van der Waals surface area contributed by atoms with Crippen LogP contribution in [-0.2, 0) is 24.3 Å². The van der Waals surface area contributed by atoms with E-state index >= 15 is 0 Å². The van der Waals surface area contributed by atoms with E-state index in [0.29, 0.717) is 12.0 Å². The zero-order chi connectivity index (χ0) is 22.1. The zero-order valence-electron chi connectivity index (χ0n) is 17.0. The van der Waals surface area contributed by atoms with Crippen LogP contribution in [0.2, 0.25) is 0 Å². The lowest BCUT2D eigenvalue weighted by atomic mass is 9.97. The lowest BCUT2D eigenvalue weighted by molar-refractivity contribution is -0.134. The van der Waals surface area contributed by atoms with Crippen molar-refractivity contribution in [2.75, 3.05) is 12.3 Å². The first-order chi connectivity index (χ1) is 14.9. The van der Waals surface area contributed by atoms with Crippen LogP contribution in [0, 0.1) is 11.3 Å². The second-order valence-corrected chi connectivity index (χ2v) is 7.50. The van der Waals surface area contributed by atoms with Gasteiger partial charge in [-0.2, -0.15) is 10.4 Å². The van der Waals surface area contributed by atoms with Crippen LogP contribution < -0.4 is 11.1 Å². The number of carbonyl (C=O) groups is 1. The van der Waals surface area contributed by atoms with Gasteiger partial charge in [0.05, 0.1) is 17.1 Å². The van der Waals surface area contributed by atoms with Gasteiger partial charge < -0.3 is 21.3 Å². The first-order valence-electron chi connectivity index (χ1n) is 9.91. The topological polar surface area (TPSA) is 150 Å². The molecule has 3 aromatic rings. The average Bonchev–Trinajstić information content (AvgIpc) is 3.20. The van der Waals surface area contributed by atoms with Gasteiger partial charge in [-0.3, -0.25) is 9.48 Å². The summed E-state index contributed by atoms with van der Waals surface area (Å²) < 4.78 is 2.01. The van der Waals surface area contributed by atoms with Gasteiger partial charge in [0.25, 0.3) is 5.97 Å². The fourth-order valence-electron chi connectivity index (χ4n) is 4.05. The van der Waals surface area contributed by atoms with Gasteiger partial charge in [-0.05, 0) is 42.3 Å². The standard InChI is InChI=1S/C20H18N6O.C2H4O2/c21-9-16-18(17-7-12-10-23-4-1-5-26(12)25-17)15-6-11-2-3-13(27)8-14(11)19(15)24-20(16)22;1-2(3)4/h2-3,7-8,23,27H,1,4-6,10H2,(H2,22,24);1H3,(H,3,4). The third-order valence-corrected chi connectivity index (χ3v) is 5.30. The van der Waals surface area contributed by atoms with Crippen molar-refractivity contribution in [3.63, 3.8) is 0 Å². The van der Waals surface area contributed by atoms with E-state index < -0.39 is 5.97 Å². The number of phenolic OH excluding ortho intramolecular Hbond substituents is 1. The first kappa shape index (κ1) is 20.4. The van der Waals surface area contributed by atoms with E-state index in [0.717, 1.165) is 72.3 Å². The summed E-state index contributed by atoms with van der Waals surface area (Å²) in [5, 5.41) is 35.2. The van der Waals surface area contributed by atoms with E-state index in [9.17, 15) is 10.4 Å². The molecule has 0 bridgehead atoms. The number of phenols is 1. The molecular weight excluding hydrogens is 396 g/mol. The summed E-state index contributed by atoms with van der Waals surface area (Å²) in [6.45, 7) is 3.66. The molecule has 0 radical (unpaired) electrons. The van der Waals surface area contributed by atoms with Crippen LogP contribution in [0.4, 0.5) is 5.82 Å². The second kappa shape index (κ2) is 8.08. The number of rotatable bonds is 1. The number of anilines is 1. The number of aromatic hydroxyl groups is 1. The Morgan fingerprint density at radius 2 is 2.13 bits per heavy atom. The molecule has 0 unspecified atom stereocenters. The fraction of sp³-hybridized carbons (Fsp3) is 0.273. The highest BCUT2D eigenvalue weighted by Gasteiger charge is 2.29. The molecule has 31 heavy (non-hydrogen) atoms. The molecule has 0 atom stereocenters. The number of hydrogen-bond donors (Lipinski definition) is 4. The molecule has 2 aromatic heterocycles. The van der Waals surface area contributed by atoms with Crippen LogP contribution in [0.5, 0.6) is 5.75 Å². The summed E-state index contributed by atoms with van der Waals surface area (Å²) in [4.78, 5) is 13.5. The third-order valence-electron chi connectivity index (χ3n) is 5.30. The number of carboxylic acid groups (broad SMARTS) is 1. The molecule has 0 saturated heterocycles. The highest BCUT2D eigenvalue weighted by molar-refractivity contribution is 5.87. The van der Waals surface area contributed by atoms with Crippen molar-refractivity contribution in [2.24, 2.45) is 0 Å². The first-order valence-corrected chi connectivity index (χ1v) is 9.91. The monoisotopic (exact) mass is 418 g/mol. The number of nitrogens with one attached hydrogen (secondary N) is 1. The summed E-state index contributed by atoms with van der Waals surface area (Å²) in [6.07, 6.45) is 1.66. The van der Waals surface area contributed by atoms with E-state index in [1.807, 2.05) is 16.8 Å². The van der Waals surface area contributed by atoms with E-state index in [-0.39, 0.29) is 11.6 Å². The number of nitrogens with zero attached hydrogens (tertiary/aromatic N) is 4. The van der Waals surface area contributed by atoms with E-state index in [2.05, 4.69) is 16.4 Å². The van der Waals surface area contributed by atoms with Crippen LogP contribution in [0.3, 0.4) is 0 Å². The Morgan fingerprint density at radius 3 is 2.87 bits per heavy atom. The van der Waals surface area contributed by atoms with E-state index in [1.54, 1.807) is 12.1 Å². The molecule has 0 amide bonds. The minimum Gasteiger partial charge on any atom is -0.508 e. The van der Waals surface area contributed by atoms with Crippen molar-refractivity contribution in [2.45, 2.75) is 32.9 Å². The average molecular weight is 418 g/mol. The number of aliphatic carboxylic acids is 1. The number of aryl methyl sites for hydroxylation is 1. The summed E-state index contributed by atoms with van der Waals surface area (Å²) in [7, 11) is 0. The number of aromatic nitrogens is 3. The van der Waals surface area contributed by atoms with Gasteiger partial charge >= 0.3 is 0 Å². The van der Waals surface area contributed by atoms with Crippen molar-refractivity contribution in [3.8, 4) is 34.3 Å². The minimum atomic E-state index is -0.833. The number of pyridine rings is 1. The Balaban J connectivity index is 0.000000535. The van der Waals surface area contributed by atoms with Crippen molar-refractivity contribution >= 4 is 11.8 Å². The highest BCUT2D eigenvalue weighted by Crippen LogP contribution is 2.44. The Morgan fingerprint density at radius 1 is 1.35 bits per heavy atom. The number of nitriles is 1. The van der Waals surface area contributed by atoms with Gasteiger partial charge in [0.1, 0.15) is 23.2 Å². The molecule has 9 heteroatoms. The molecule has 1 aromatic carbocycles. The lowest BCUT2D eigenvalue weighted by Gasteiger charge is -2.11. The summed E-state index contributed by atoms with van der Waals surface area (Å²) >= 11 is 0. The molecule has 5 rings (SSSR count). The maximum Gasteiger partial charge on any atom is 0.300 e. The Labute approximate surface area is 178 Å². The molecule has 0 fully saturated rings. The van der Waals surface area contributed by atoms with E-state index in [1.165, 1.54) is 0 Å². The highest BCUT2D eigenvalue weighted by atomic mass is 16.4. The number of benzene rings is 1. The van der Waals surface area contributed by atoms with Crippen molar-refractivity contribution in [1.82, 2.24) is 20.1 Å². The van der Waals surface area contributed by atoms with Gasteiger partial charge in [-0.1, -0.05) is 6.07 Å². The van der Waals surface area contributed by atoms with Crippen LogP contribution in [0.1, 0.15) is 35.7 Å². The van der Waals surface area contributed by atoms with Crippen LogP contribution in [-0.4, -0.2) is 37.5 Å². The number of nitrogens with two attached hydrogens (primary N) is 1. The van der Waals surface area contributed by atoms with Crippen LogP contribution >= 0.6 is 0 Å². The Kier molecular flexibility index (Phi) is 5.31. The largest absolute Gasteiger partial charge is 0.508 e. The number of carboxylic acids is 1. The summed E-state index contributed by atoms with van der Waals surface area (Å²) in [6, 6.07) is 9.53. The third kappa shape index (κ3) is 3.81. The van der Waals surface area contributed by atoms with Crippen LogP contribution in [0.25, 0.3) is 22.5 Å². The van der Waals surface area contributed by atoms with Gasteiger partial charge in [0, 0.05) is 37.6 Å². The zero-order valence-corrected chi connectivity index (χ0v) is 17.0. The normalized spacial score (nSPS) is 13.7. The smallest absolute Gasteiger partial charge is 0.300 e. The van der Waals surface area contributed by atoms with Gasteiger partial charge in [0.15, 0.2) is 0 Å². The summed E-state index contributed by atoms with van der Waals surface area (Å²) in [5.41, 5.74) is 12.7. The quantitative estimate of drug-likeness (QED) is 0.368. The minimum absolute atomic E-state index is 0.188. The van der Waals surface area contributed by atoms with Crippen LogP contribution in [0.15, 0.2) is 24.3 Å². The molecular formula is C22H22N6O3. The second-order valence-electron chi connectivity index (χ2n) is 7.50. The molecule has 2 aliphatic rings. The van der Waals surface area contributed by atoms with E-state index in [4.69, 9.17) is 20.7 Å². The molecule has 0 spiro atoms. The lowest BCUT2D eigenvalue weighted by Crippen LogP contribution is -2.11. The number of fused-ring (bicyclic) bond motifs is 4. The molecule has 1 aliphatic heterocycles. The SMILES string of the molecule is CC(=O)O.N#Cc1c(N)nc2c(c1-c1cc3n(n1)CCCNC3)Cc1ccc(O)cc1-2. The maximum atomic E-state index is 9.88. The van der Waals surface area contributed by atoms with Gasteiger partial charge in [0.2, 0.25) is 0 Å². The maximum absolute atomic E-state index is 9.88. The molecule has 158 valence electrons. The number of hydrogen-bond acceptors (Lipinski definition) is 7. The van der Waals surface area contributed by atoms with Crippen molar-refractivity contribution < 1.29 is 15.0 Å².